The molecule has 0 bridgehead atoms. The van der Waals surface area contributed by atoms with Gasteiger partial charge in [-0.3, -0.25) is 0 Å². The minimum absolute atomic E-state index is 0.0950. The Balaban J connectivity index is 2.40. The lowest BCUT2D eigenvalue weighted by Gasteiger charge is -2.27. The van der Waals surface area contributed by atoms with E-state index in [9.17, 15) is 14.7 Å². The molecule has 1 heterocycles. The maximum atomic E-state index is 12.3. The van der Waals surface area contributed by atoms with Gasteiger partial charge in [0.2, 0.25) is 0 Å². The molecule has 2 aliphatic rings. The lowest BCUT2D eigenvalue weighted by molar-refractivity contribution is -0.147. The van der Waals surface area contributed by atoms with Gasteiger partial charge >= 0.3 is 11.9 Å². The van der Waals surface area contributed by atoms with Gasteiger partial charge in [0.1, 0.15) is 12.2 Å². The van der Waals surface area contributed by atoms with Crippen LogP contribution in [0, 0.1) is 5.92 Å². The highest BCUT2D eigenvalue weighted by atomic mass is 16.6. The molecular weight excluding hydrogens is 320 g/mol. The van der Waals surface area contributed by atoms with Crippen molar-refractivity contribution in [3.8, 4) is 0 Å². The number of esters is 2. The fourth-order valence-corrected chi connectivity index (χ4v) is 3.12. The molecule has 1 saturated heterocycles. The number of hydrogen-bond donors (Lipinski definition) is 1. The summed E-state index contributed by atoms with van der Waals surface area (Å²) in [6.07, 6.45) is 6.42. The minimum Gasteiger partial charge on any atom is -0.458 e. The fourth-order valence-electron chi connectivity index (χ4n) is 3.12. The van der Waals surface area contributed by atoms with Crippen molar-refractivity contribution < 1.29 is 24.2 Å². The third kappa shape index (κ3) is 4.48. The van der Waals surface area contributed by atoms with E-state index in [1.807, 2.05) is 6.92 Å². The van der Waals surface area contributed by atoms with Crippen molar-refractivity contribution in [1.29, 1.82) is 0 Å². The molecule has 0 aromatic carbocycles. The number of ether oxygens (including phenoxy) is 2. The Morgan fingerprint density at radius 3 is 2.88 bits per heavy atom. The van der Waals surface area contributed by atoms with E-state index in [0.29, 0.717) is 24.0 Å². The van der Waals surface area contributed by atoms with Crippen LogP contribution in [-0.2, 0) is 19.1 Å². The molecule has 3 atom stereocenters. The van der Waals surface area contributed by atoms with Gasteiger partial charge in [0.05, 0.1) is 12.5 Å². The maximum Gasteiger partial charge on any atom is 0.334 e. The van der Waals surface area contributed by atoms with Gasteiger partial charge in [-0.25, -0.2) is 9.59 Å². The van der Waals surface area contributed by atoms with Gasteiger partial charge < -0.3 is 14.6 Å². The second-order valence-electron chi connectivity index (χ2n) is 6.61. The molecule has 1 aliphatic heterocycles. The minimum atomic E-state index is -0.572. The van der Waals surface area contributed by atoms with E-state index in [4.69, 9.17) is 9.47 Å². The first-order valence-corrected chi connectivity index (χ1v) is 8.57. The molecule has 0 aromatic rings. The molecule has 0 radical (unpaired) electrons. The van der Waals surface area contributed by atoms with Gasteiger partial charge in [-0.15, -0.1) is 0 Å². The van der Waals surface area contributed by atoms with Gasteiger partial charge in [0.15, 0.2) is 0 Å². The zero-order valence-corrected chi connectivity index (χ0v) is 15.1. The SMILES string of the molecule is C=C1C(=O)O[C@@H]2/C=C(\CO)CC/C=C(\C)C[C@H](OC(=O)/C(C)=C/C)[C@@H]12. The Morgan fingerprint density at radius 2 is 2.24 bits per heavy atom. The van der Waals surface area contributed by atoms with Crippen LogP contribution in [0.3, 0.4) is 0 Å². The molecule has 1 aliphatic carbocycles. The largest absolute Gasteiger partial charge is 0.458 e. The second kappa shape index (κ2) is 8.30. The summed E-state index contributed by atoms with van der Waals surface area (Å²) in [5, 5.41) is 9.56. The summed E-state index contributed by atoms with van der Waals surface area (Å²) >= 11 is 0. The standard InChI is InChI=1S/C20H26O5/c1-5-13(3)19(22)24-16-9-12(2)7-6-8-15(11-21)10-17-18(16)14(4)20(23)25-17/h5,7,10,16-18,21H,4,6,8-9,11H2,1-3H3/b12-7+,13-5+,15-10-/t16-,17+,18+/m0/s1. The van der Waals surface area contributed by atoms with E-state index in [-0.39, 0.29) is 6.61 Å². The summed E-state index contributed by atoms with van der Waals surface area (Å²) in [6.45, 7) is 9.20. The van der Waals surface area contributed by atoms with E-state index in [0.717, 1.165) is 17.6 Å². The lowest BCUT2D eigenvalue weighted by atomic mass is 9.85. The van der Waals surface area contributed by atoms with Gasteiger partial charge in [0.25, 0.3) is 0 Å². The lowest BCUT2D eigenvalue weighted by Crippen LogP contribution is -2.33. The van der Waals surface area contributed by atoms with Crippen molar-refractivity contribution in [2.75, 3.05) is 6.61 Å². The number of carbonyl (C=O) groups is 2. The third-order valence-electron chi connectivity index (χ3n) is 4.76. The van der Waals surface area contributed by atoms with Crippen LogP contribution < -0.4 is 0 Å². The summed E-state index contributed by atoms with van der Waals surface area (Å²) in [7, 11) is 0. The molecule has 0 saturated carbocycles. The molecule has 0 aromatic heterocycles. The number of carbonyl (C=O) groups excluding carboxylic acids is 2. The Hall–Kier alpha value is -2.14. The molecule has 1 fully saturated rings. The van der Waals surface area contributed by atoms with E-state index >= 15 is 0 Å². The van der Waals surface area contributed by atoms with E-state index in [1.54, 1.807) is 26.0 Å². The van der Waals surface area contributed by atoms with Crippen LogP contribution in [0.4, 0.5) is 0 Å². The average Bonchev–Trinajstić information content (AvgIpc) is 2.86. The van der Waals surface area contributed by atoms with Gasteiger partial charge in [-0.1, -0.05) is 24.3 Å². The molecule has 0 unspecified atom stereocenters. The zero-order chi connectivity index (χ0) is 18.6. The number of allylic oxidation sites excluding steroid dienone is 2. The first-order chi connectivity index (χ1) is 11.9. The molecule has 0 amide bonds. The molecule has 25 heavy (non-hydrogen) atoms. The number of aliphatic hydroxyl groups excluding tert-OH is 1. The van der Waals surface area contributed by atoms with Crippen LogP contribution in [0.1, 0.15) is 40.0 Å². The normalized spacial score (nSPS) is 32.0. The maximum absolute atomic E-state index is 12.3. The van der Waals surface area contributed by atoms with Crippen LogP contribution in [-0.4, -0.2) is 35.9 Å². The number of rotatable bonds is 3. The topological polar surface area (TPSA) is 72.8 Å². The Kier molecular flexibility index (Phi) is 6.37. The molecule has 5 nitrogen and oxygen atoms in total. The Morgan fingerprint density at radius 1 is 1.52 bits per heavy atom. The highest BCUT2D eigenvalue weighted by molar-refractivity contribution is 5.92. The van der Waals surface area contributed by atoms with Crippen LogP contribution in [0.25, 0.3) is 0 Å². The van der Waals surface area contributed by atoms with Crippen molar-refractivity contribution in [3.63, 3.8) is 0 Å². The van der Waals surface area contributed by atoms with Gasteiger partial charge in [-0.2, -0.15) is 0 Å². The Bertz CT molecular complexity index is 653. The smallest absolute Gasteiger partial charge is 0.334 e. The zero-order valence-electron chi connectivity index (χ0n) is 15.1. The molecule has 2 rings (SSSR count). The average molecular weight is 346 g/mol. The molecule has 5 heteroatoms. The first kappa shape index (κ1) is 19.2. The predicted octanol–water partition coefficient (Wildman–Crippen LogP) is 3.01. The highest BCUT2D eigenvalue weighted by Gasteiger charge is 2.44. The van der Waals surface area contributed by atoms with Crippen LogP contribution in [0.5, 0.6) is 0 Å². The van der Waals surface area contributed by atoms with Crippen LogP contribution in [0.15, 0.2) is 47.1 Å². The van der Waals surface area contributed by atoms with Crippen LogP contribution in [0.2, 0.25) is 0 Å². The van der Waals surface area contributed by atoms with E-state index in [2.05, 4.69) is 12.7 Å². The quantitative estimate of drug-likeness (QED) is 0.483. The summed E-state index contributed by atoms with van der Waals surface area (Å²) < 4.78 is 11.1. The predicted molar refractivity (Wildman–Crippen MR) is 94.6 cm³/mol. The molecule has 1 N–H and O–H groups in total. The summed E-state index contributed by atoms with van der Waals surface area (Å²) in [5.41, 5.74) is 2.69. The number of fused-ring (bicyclic) bond motifs is 1. The highest BCUT2D eigenvalue weighted by Crippen LogP contribution is 2.36. The van der Waals surface area contributed by atoms with Crippen molar-refractivity contribution in [1.82, 2.24) is 0 Å². The summed E-state index contributed by atoms with van der Waals surface area (Å²) in [5.74, 6) is -1.34. The molecule has 136 valence electrons. The number of aliphatic hydroxyl groups is 1. The third-order valence-corrected chi connectivity index (χ3v) is 4.76. The van der Waals surface area contributed by atoms with Crippen molar-refractivity contribution in [3.05, 3.63) is 47.1 Å². The Labute approximate surface area is 148 Å². The van der Waals surface area contributed by atoms with Crippen molar-refractivity contribution in [2.45, 2.75) is 52.2 Å². The first-order valence-electron chi connectivity index (χ1n) is 8.57. The monoisotopic (exact) mass is 346 g/mol. The molecular formula is C20H26O5. The van der Waals surface area contributed by atoms with Crippen LogP contribution >= 0.6 is 0 Å². The van der Waals surface area contributed by atoms with E-state index < -0.39 is 30.1 Å². The van der Waals surface area contributed by atoms with Crippen molar-refractivity contribution >= 4 is 11.9 Å². The van der Waals surface area contributed by atoms with E-state index in [1.165, 1.54) is 0 Å². The fraction of sp³-hybridized carbons (Fsp3) is 0.500. The summed E-state index contributed by atoms with van der Waals surface area (Å²) in [6, 6.07) is 0. The second-order valence-corrected chi connectivity index (χ2v) is 6.61. The summed E-state index contributed by atoms with van der Waals surface area (Å²) in [4.78, 5) is 24.3. The number of hydrogen-bond acceptors (Lipinski definition) is 5. The molecule has 0 spiro atoms. The van der Waals surface area contributed by atoms with Gasteiger partial charge in [-0.05, 0) is 45.3 Å². The van der Waals surface area contributed by atoms with Gasteiger partial charge in [0, 0.05) is 17.6 Å². The van der Waals surface area contributed by atoms with Crippen molar-refractivity contribution in [2.24, 2.45) is 5.92 Å².